The molecule has 1 aliphatic carbocycles. The molecule has 1 saturated carbocycles. The predicted octanol–water partition coefficient (Wildman–Crippen LogP) is 0.315. The van der Waals surface area contributed by atoms with Crippen LogP contribution in [0.1, 0.15) is 32.6 Å². The van der Waals surface area contributed by atoms with Crippen LogP contribution < -0.4 is 10.5 Å². The van der Waals surface area contributed by atoms with E-state index >= 15 is 0 Å². The number of nitrogens with zero attached hydrogens (tertiary/aromatic N) is 2. The van der Waals surface area contributed by atoms with Crippen LogP contribution in [0.25, 0.3) is 0 Å². The Hall–Kier alpha value is -1.12. The lowest BCUT2D eigenvalue weighted by molar-refractivity contribution is 0.178. The van der Waals surface area contributed by atoms with Crippen molar-refractivity contribution in [1.82, 2.24) is 14.5 Å². The fraction of sp³-hybridized carbons (Fsp3) is 0.750. The zero-order valence-electron chi connectivity index (χ0n) is 11.6. The topological polar surface area (TPSA) is 110 Å². The summed E-state index contributed by atoms with van der Waals surface area (Å²) < 4.78 is 28.5. The number of aliphatic hydroxyl groups is 1. The van der Waals surface area contributed by atoms with E-state index in [0.29, 0.717) is 19.5 Å². The van der Waals surface area contributed by atoms with Crippen LogP contribution in [0.15, 0.2) is 11.1 Å². The van der Waals surface area contributed by atoms with Gasteiger partial charge in [0.15, 0.2) is 5.82 Å². The number of aryl methyl sites for hydroxylation is 1. The van der Waals surface area contributed by atoms with Crippen molar-refractivity contribution in [2.24, 2.45) is 5.92 Å². The molecule has 1 fully saturated rings. The first kappa shape index (κ1) is 15.3. The van der Waals surface area contributed by atoms with Gasteiger partial charge in [-0.1, -0.05) is 6.92 Å². The third-order valence-electron chi connectivity index (χ3n) is 3.57. The van der Waals surface area contributed by atoms with Gasteiger partial charge in [-0.25, -0.2) is 13.1 Å². The Kier molecular flexibility index (Phi) is 4.66. The van der Waals surface area contributed by atoms with Gasteiger partial charge in [0.25, 0.3) is 0 Å². The van der Waals surface area contributed by atoms with Crippen LogP contribution in [0, 0.1) is 5.92 Å². The highest BCUT2D eigenvalue weighted by molar-refractivity contribution is 7.89. The summed E-state index contributed by atoms with van der Waals surface area (Å²) in [6, 6.07) is 0. The van der Waals surface area contributed by atoms with E-state index in [9.17, 15) is 13.5 Å². The number of nitrogens with two attached hydrogens (primary N) is 1. The van der Waals surface area contributed by atoms with Gasteiger partial charge in [-0.3, -0.25) is 4.68 Å². The first-order valence-corrected chi connectivity index (χ1v) is 8.41. The molecule has 7 nitrogen and oxygen atoms in total. The van der Waals surface area contributed by atoms with Gasteiger partial charge >= 0.3 is 0 Å². The minimum atomic E-state index is -3.63. The highest BCUT2D eigenvalue weighted by atomic mass is 32.2. The Bertz CT molecular complexity index is 555. The molecule has 4 N–H and O–H groups in total. The summed E-state index contributed by atoms with van der Waals surface area (Å²) in [6.45, 7) is 2.95. The van der Waals surface area contributed by atoms with E-state index in [0.717, 1.165) is 19.3 Å². The molecule has 1 aromatic rings. The summed E-state index contributed by atoms with van der Waals surface area (Å²) in [7, 11) is -3.63. The number of hydrogen-bond donors (Lipinski definition) is 3. The highest BCUT2D eigenvalue weighted by Gasteiger charge is 2.26. The van der Waals surface area contributed by atoms with Crippen LogP contribution in [0.4, 0.5) is 5.82 Å². The second-order valence-corrected chi connectivity index (χ2v) is 7.06. The van der Waals surface area contributed by atoms with Crippen LogP contribution in [0.5, 0.6) is 0 Å². The average Bonchev–Trinajstić information content (AvgIpc) is 2.94. The van der Waals surface area contributed by atoms with Crippen LogP contribution in [-0.2, 0) is 16.6 Å². The number of sulfonamides is 1. The molecule has 1 heterocycles. The molecule has 8 heteroatoms. The minimum Gasteiger partial charge on any atom is -0.393 e. The van der Waals surface area contributed by atoms with Crippen molar-refractivity contribution in [3.63, 3.8) is 0 Å². The van der Waals surface area contributed by atoms with Crippen molar-refractivity contribution in [3.05, 3.63) is 6.20 Å². The minimum absolute atomic E-state index is 0.0254. The second-order valence-electron chi connectivity index (χ2n) is 5.33. The lowest BCUT2D eigenvalue weighted by Crippen LogP contribution is -2.29. The first-order valence-electron chi connectivity index (χ1n) is 6.93. The average molecular weight is 302 g/mol. The normalized spacial score (nSPS) is 23.3. The Balaban J connectivity index is 2.02. The van der Waals surface area contributed by atoms with Crippen molar-refractivity contribution in [1.29, 1.82) is 0 Å². The van der Waals surface area contributed by atoms with E-state index in [4.69, 9.17) is 5.73 Å². The second kappa shape index (κ2) is 6.11. The first-order chi connectivity index (χ1) is 9.42. The molecule has 0 saturated heterocycles. The van der Waals surface area contributed by atoms with Crippen molar-refractivity contribution in [3.8, 4) is 0 Å². The third kappa shape index (κ3) is 3.50. The number of hydrogen-bond acceptors (Lipinski definition) is 5. The van der Waals surface area contributed by atoms with Gasteiger partial charge in [0.05, 0.1) is 6.10 Å². The standard InChI is InChI=1S/C12H22N4O3S/c1-2-5-16-8-11(12(13)15-16)20(18,19)14-7-9-3-4-10(17)6-9/h8-10,14,17H,2-7H2,1H3,(H2,13,15). The van der Waals surface area contributed by atoms with Gasteiger partial charge in [-0.05, 0) is 31.6 Å². The van der Waals surface area contributed by atoms with Crippen molar-refractivity contribution in [2.75, 3.05) is 12.3 Å². The molecule has 1 aliphatic rings. The number of aliphatic hydroxyl groups excluding tert-OH is 1. The summed E-state index contributed by atoms with van der Waals surface area (Å²) in [6.07, 6.45) is 4.24. The predicted molar refractivity (Wildman–Crippen MR) is 75.5 cm³/mol. The SMILES string of the molecule is CCCn1cc(S(=O)(=O)NCC2CCC(O)C2)c(N)n1. The molecule has 0 radical (unpaired) electrons. The largest absolute Gasteiger partial charge is 0.393 e. The number of anilines is 1. The van der Waals surface area contributed by atoms with Gasteiger partial charge in [0, 0.05) is 19.3 Å². The molecule has 0 aromatic carbocycles. The number of aromatic nitrogens is 2. The van der Waals surface area contributed by atoms with E-state index in [2.05, 4.69) is 9.82 Å². The fourth-order valence-corrected chi connectivity index (χ4v) is 3.70. The molecule has 2 rings (SSSR count). The fourth-order valence-electron chi connectivity index (χ4n) is 2.51. The number of rotatable bonds is 6. The van der Waals surface area contributed by atoms with E-state index in [1.807, 2.05) is 6.92 Å². The molecular formula is C12H22N4O3S. The third-order valence-corrected chi connectivity index (χ3v) is 5.01. The summed E-state index contributed by atoms with van der Waals surface area (Å²) in [5, 5.41) is 13.4. The molecule has 0 bridgehead atoms. The summed E-state index contributed by atoms with van der Waals surface area (Å²) >= 11 is 0. The van der Waals surface area contributed by atoms with Crippen LogP contribution >= 0.6 is 0 Å². The Morgan fingerprint density at radius 3 is 2.90 bits per heavy atom. The van der Waals surface area contributed by atoms with Gasteiger partial charge in [0.2, 0.25) is 10.0 Å². The molecular weight excluding hydrogens is 280 g/mol. The Morgan fingerprint density at radius 2 is 2.30 bits per heavy atom. The zero-order valence-corrected chi connectivity index (χ0v) is 12.4. The maximum absolute atomic E-state index is 12.2. The molecule has 2 atom stereocenters. The maximum Gasteiger partial charge on any atom is 0.245 e. The monoisotopic (exact) mass is 302 g/mol. The number of nitrogens with one attached hydrogen (secondary N) is 1. The van der Waals surface area contributed by atoms with Gasteiger partial charge in [0.1, 0.15) is 4.90 Å². The van der Waals surface area contributed by atoms with Crippen LogP contribution in [-0.4, -0.2) is 36.0 Å². The summed E-state index contributed by atoms with van der Waals surface area (Å²) in [5.74, 6) is 0.212. The summed E-state index contributed by atoms with van der Waals surface area (Å²) in [4.78, 5) is 0.0319. The lowest BCUT2D eigenvalue weighted by Gasteiger charge is -2.10. The van der Waals surface area contributed by atoms with Crippen molar-refractivity contribution >= 4 is 15.8 Å². The van der Waals surface area contributed by atoms with Gasteiger partial charge < -0.3 is 10.8 Å². The smallest absolute Gasteiger partial charge is 0.245 e. The van der Waals surface area contributed by atoms with E-state index in [1.54, 1.807) is 4.68 Å². The maximum atomic E-state index is 12.2. The van der Waals surface area contributed by atoms with Gasteiger partial charge in [-0.2, -0.15) is 5.10 Å². The van der Waals surface area contributed by atoms with E-state index in [-0.39, 0.29) is 22.7 Å². The molecule has 1 aromatic heterocycles. The highest BCUT2D eigenvalue weighted by Crippen LogP contribution is 2.25. The molecule has 0 amide bonds. The number of nitrogen functional groups attached to an aromatic ring is 1. The molecule has 2 unspecified atom stereocenters. The van der Waals surface area contributed by atoms with E-state index in [1.165, 1.54) is 6.20 Å². The lowest BCUT2D eigenvalue weighted by atomic mass is 10.1. The quantitative estimate of drug-likeness (QED) is 0.700. The Labute approximate surface area is 119 Å². The van der Waals surface area contributed by atoms with E-state index < -0.39 is 10.0 Å². The zero-order chi connectivity index (χ0) is 14.8. The van der Waals surface area contributed by atoms with Crippen LogP contribution in [0.3, 0.4) is 0 Å². The molecule has 20 heavy (non-hydrogen) atoms. The summed E-state index contributed by atoms with van der Waals surface area (Å²) in [5.41, 5.74) is 5.67. The Morgan fingerprint density at radius 1 is 1.55 bits per heavy atom. The van der Waals surface area contributed by atoms with Crippen molar-refractivity contribution in [2.45, 2.75) is 50.2 Å². The van der Waals surface area contributed by atoms with Crippen molar-refractivity contribution < 1.29 is 13.5 Å². The van der Waals surface area contributed by atoms with Gasteiger partial charge in [-0.15, -0.1) is 0 Å². The molecule has 114 valence electrons. The molecule has 0 spiro atoms. The van der Waals surface area contributed by atoms with Crippen LogP contribution in [0.2, 0.25) is 0 Å². The molecule has 0 aliphatic heterocycles.